The van der Waals surface area contributed by atoms with Gasteiger partial charge < -0.3 is 5.32 Å². The fourth-order valence-electron chi connectivity index (χ4n) is 1.30. The van der Waals surface area contributed by atoms with Gasteiger partial charge in [-0.1, -0.05) is 19.3 Å². The van der Waals surface area contributed by atoms with Crippen LogP contribution in [0.1, 0.15) is 19.8 Å². The molecular weight excluding hydrogens is 168 g/mol. The van der Waals surface area contributed by atoms with Crippen molar-refractivity contribution in [3.63, 3.8) is 0 Å². The minimum Gasteiger partial charge on any atom is -0.326 e. The van der Waals surface area contributed by atoms with Crippen molar-refractivity contribution in [3.05, 3.63) is 0 Å². The number of nitrogens with one attached hydrogen (secondary N) is 1. The summed E-state index contributed by atoms with van der Waals surface area (Å²) >= 11 is 0. The molecule has 1 heterocycles. The first-order valence-corrected chi connectivity index (χ1v) is 4.26. The second-order valence-corrected chi connectivity index (χ2v) is 2.92. The Morgan fingerprint density at radius 2 is 2.31 bits per heavy atom. The van der Waals surface area contributed by atoms with Crippen molar-refractivity contribution >= 4 is 11.9 Å². The number of terminal acetylenes is 1. The molecule has 1 rings (SSSR count). The second-order valence-electron chi connectivity index (χ2n) is 2.92. The summed E-state index contributed by atoms with van der Waals surface area (Å²) < 4.78 is 0. The highest BCUT2D eigenvalue weighted by Crippen LogP contribution is 2.09. The van der Waals surface area contributed by atoms with Crippen molar-refractivity contribution in [2.24, 2.45) is 0 Å². The number of hydrogen-bond donors (Lipinski definition) is 1. The molecule has 0 aromatic carbocycles. The van der Waals surface area contributed by atoms with E-state index in [4.69, 9.17) is 6.42 Å². The average Bonchev–Trinajstić information content (AvgIpc) is 2.34. The van der Waals surface area contributed by atoms with Gasteiger partial charge in [0.15, 0.2) is 0 Å². The largest absolute Gasteiger partial charge is 0.326 e. The average molecular weight is 180 g/mol. The van der Waals surface area contributed by atoms with Gasteiger partial charge in [-0.2, -0.15) is 0 Å². The van der Waals surface area contributed by atoms with E-state index in [-0.39, 0.29) is 24.5 Å². The van der Waals surface area contributed by atoms with Crippen LogP contribution in [0.4, 0.5) is 4.79 Å². The van der Waals surface area contributed by atoms with E-state index >= 15 is 0 Å². The van der Waals surface area contributed by atoms with Crippen molar-refractivity contribution in [1.29, 1.82) is 0 Å². The van der Waals surface area contributed by atoms with Gasteiger partial charge in [-0.25, -0.2) is 4.79 Å². The van der Waals surface area contributed by atoms with E-state index in [1.807, 2.05) is 6.92 Å². The zero-order valence-electron chi connectivity index (χ0n) is 7.54. The Morgan fingerprint density at radius 1 is 1.62 bits per heavy atom. The zero-order valence-corrected chi connectivity index (χ0v) is 7.54. The molecule has 1 saturated heterocycles. The third-order valence-electron chi connectivity index (χ3n) is 1.93. The monoisotopic (exact) mass is 180 g/mol. The molecule has 13 heavy (non-hydrogen) atoms. The molecule has 0 saturated carbocycles. The molecule has 0 spiro atoms. The highest BCUT2D eigenvalue weighted by atomic mass is 16.2. The third-order valence-corrected chi connectivity index (χ3v) is 1.93. The van der Waals surface area contributed by atoms with E-state index in [1.165, 1.54) is 0 Å². The molecule has 1 N–H and O–H groups in total. The van der Waals surface area contributed by atoms with Gasteiger partial charge in [-0.15, -0.1) is 6.42 Å². The third kappa shape index (κ3) is 1.81. The summed E-state index contributed by atoms with van der Waals surface area (Å²) in [6.07, 6.45) is 6.56. The molecule has 0 aliphatic carbocycles. The number of carbonyl (C=O) groups excluding carboxylic acids is 2. The van der Waals surface area contributed by atoms with Gasteiger partial charge in [0.1, 0.15) is 6.04 Å². The number of carbonyl (C=O) groups is 2. The summed E-state index contributed by atoms with van der Waals surface area (Å²) in [5.74, 6) is 2.07. The van der Waals surface area contributed by atoms with Crippen molar-refractivity contribution in [3.8, 4) is 12.3 Å². The Morgan fingerprint density at radius 3 is 2.85 bits per heavy atom. The molecule has 0 aromatic heterocycles. The van der Waals surface area contributed by atoms with Gasteiger partial charge in [0.25, 0.3) is 5.91 Å². The van der Waals surface area contributed by atoms with Crippen LogP contribution in [-0.4, -0.2) is 29.4 Å². The lowest BCUT2D eigenvalue weighted by molar-refractivity contribution is -0.127. The van der Waals surface area contributed by atoms with Crippen molar-refractivity contribution in [2.45, 2.75) is 25.8 Å². The van der Waals surface area contributed by atoms with Gasteiger partial charge in [0.05, 0.1) is 6.54 Å². The molecule has 0 radical (unpaired) electrons. The maximum Gasteiger partial charge on any atom is 0.325 e. The molecule has 1 unspecified atom stereocenters. The van der Waals surface area contributed by atoms with Crippen LogP contribution in [0.15, 0.2) is 0 Å². The summed E-state index contributed by atoms with van der Waals surface area (Å²) in [5.41, 5.74) is 0. The quantitative estimate of drug-likeness (QED) is 0.503. The minimum atomic E-state index is -0.374. The minimum absolute atomic E-state index is 0.0604. The van der Waals surface area contributed by atoms with Crippen LogP contribution in [0.25, 0.3) is 0 Å². The molecule has 1 aliphatic heterocycles. The van der Waals surface area contributed by atoms with Crippen molar-refractivity contribution in [1.82, 2.24) is 10.2 Å². The Bertz CT molecular complexity index is 267. The van der Waals surface area contributed by atoms with Crippen LogP contribution in [-0.2, 0) is 4.79 Å². The van der Waals surface area contributed by atoms with E-state index in [1.54, 1.807) is 0 Å². The van der Waals surface area contributed by atoms with Crippen LogP contribution < -0.4 is 5.32 Å². The Kier molecular flexibility index (Phi) is 2.91. The summed E-state index contributed by atoms with van der Waals surface area (Å²) in [6.45, 7) is 2.02. The molecule has 0 aromatic rings. The van der Waals surface area contributed by atoms with E-state index in [0.717, 1.165) is 11.3 Å². The summed E-state index contributed by atoms with van der Waals surface area (Å²) in [7, 11) is 0. The second kappa shape index (κ2) is 3.94. The van der Waals surface area contributed by atoms with Crippen LogP contribution in [0.5, 0.6) is 0 Å². The molecule has 70 valence electrons. The molecule has 0 bridgehead atoms. The zero-order chi connectivity index (χ0) is 9.84. The maximum atomic E-state index is 11.4. The topological polar surface area (TPSA) is 49.4 Å². The Balaban J connectivity index is 2.65. The highest BCUT2D eigenvalue weighted by Gasteiger charge is 2.36. The van der Waals surface area contributed by atoms with Gasteiger partial charge in [-0.3, -0.25) is 9.69 Å². The van der Waals surface area contributed by atoms with Gasteiger partial charge in [-0.05, 0) is 6.42 Å². The first-order valence-electron chi connectivity index (χ1n) is 4.26. The molecule has 1 atom stereocenters. The van der Waals surface area contributed by atoms with E-state index in [0.29, 0.717) is 6.42 Å². The number of rotatable bonds is 3. The van der Waals surface area contributed by atoms with Gasteiger partial charge in [0, 0.05) is 0 Å². The predicted molar refractivity (Wildman–Crippen MR) is 47.8 cm³/mol. The first kappa shape index (κ1) is 9.59. The van der Waals surface area contributed by atoms with Gasteiger partial charge >= 0.3 is 6.03 Å². The highest BCUT2D eigenvalue weighted by molar-refractivity contribution is 6.04. The Hall–Kier alpha value is -1.50. The van der Waals surface area contributed by atoms with Crippen LogP contribution in [0.3, 0.4) is 0 Å². The number of urea groups is 1. The SMILES string of the molecule is C#CCN1C(=O)NC(CCC)C1=O. The predicted octanol–water partition coefficient (Wildman–Crippen LogP) is 0.340. The molecular formula is C9H12N2O2. The van der Waals surface area contributed by atoms with Crippen molar-refractivity contribution in [2.75, 3.05) is 6.54 Å². The molecule has 4 nitrogen and oxygen atoms in total. The number of nitrogens with zero attached hydrogens (tertiary/aromatic N) is 1. The normalized spacial score (nSPS) is 21.5. The lowest BCUT2D eigenvalue weighted by Gasteiger charge is -2.07. The summed E-state index contributed by atoms with van der Waals surface area (Å²) in [6, 6.07) is -0.743. The lowest BCUT2D eigenvalue weighted by atomic mass is 10.2. The smallest absolute Gasteiger partial charge is 0.325 e. The van der Waals surface area contributed by atoms with Crippen molar-refractivity contribution < 1.29 is 9.59 Å². The number of amides is 3. The first-order chi connectivity index (χ1) is 6.20. The van der Waals surface area contributed by atoms with E-state index in [2.05, 4.69) is 11.2 Å². The fraction of sp³-hybridized carbons (Fsp3) is 0.556. The lowest BCUT2D eigenvalue weighted by Crippen LogP contribution is -2.31. The standard InChI is InChI=1S/C9H12N2O2/c1-3-5-7-8(12)11(6-4-2)9(13)10-7/h2,7H,3,5-6H2,1H3,(H,10,13). The van der Waals surface area contributed by atoms with Crippen LogP contribution in [0.2, 0.25) is 0 Å². The molecule has 4 heteroatoms. The summed E-state index contributed by atoms with van der Waals surface area (Å²) in [4.78, 5) is 23.7. The summed E-state index contributed by atoms with van der Waals surface area (Å²) in [5, 5.41) is 2.58. The van der Waals surface area contributed by atoms with Crippen LogP contribution in [0, 0.1) is 12.3 Å². The number of imide groups is 1. The van der Waals surface area contributed by atoms with E-state index < -0.39 is 0 Å². The molecule has 1 aliphatic rings. The molecule has 1 fully saturated rings. The van der Waals surface area contributed by atoms with Crippen LogP contribution >= 0.6 is 0 Å². The number of hydrogen-bond acceptors (Lipinski definition) is 2. The molecule has 3 amide bonds. The maximum absolute atomic E-state index is 11.4. The fourth-order valence-corrected chi connectivity index (χ4v) is 1.30. The van der Waals surface area contributed by atoms with E-state index in [9.17, 15) is 9.59 Å². The van der Waals surface area contributed by atoms with Gasteiger partial charge in [0.2, 0.25) is 0 Å². The Labute approximate surface area is 77.3 Å².